The fourth-order valence-electron chi connectivity index (χ4n) is 11.6. The highest BCUT2D eigenvalue weighted by Gasteiger charge is 2.42. The van der Waals surface area contributed by atoms with Gasteiger partial charge in [0.1, 0.15) is 42.3 Å². The van der Waals surface area contributed by atoms with Gasteiger partial charge < -0.3 is 55.6 Å². The average Bonchev–Trinajstić information content (AvgIpc) is 1.75. The molecule has 2 saturated heterocycles. The molecule has 4 N–H and O–H groups in total. The summed E-state index contributed by atoms with van der Waals surface area (Å²) in [6.07, 6.45) is -0.405. The Morgan fingerprint density at radius 1 is 0.622 bits per heavy atom. The van der Waals surface area contributed by atoms with Crippen molar-refractivity contribution in [3.8, 4) is 0 Å². The van der Waals surface area contributed by atoms with E-state index in [0.29, 0.717) is 49.7 Å². The normalized spacial score (nSPS) is 25.9. The summed E-state index contributed by atoms with van der Waals surface area (Å²) in [5.74, 6) is -7.26. The Morgan fingerprint density at radius 3 is 1.89 bits per heavy atom. The van der Waals surface area contributed by atoms with Gasteiger partial charge in [-0.1, -0.05) is 80.6 Å². The molecule has 1 aliphatic carbocycles. The van der Waals surface area contributed by atoms with Crippen LogP contribution in [0.4, 0.5) is 13.2 Å². The van der Waals surface area contributed by atoms with Gasteiger partial charge in [0.05, 0.1) is 23.7 Å². The number of aryl methyl sites for hydroxylation is 1. The predicted octanol–water partition coefficient (Wildman–Crippen LogP) is 4.84. The molecule has 1 saturated carbocycles. The van der Waals surface area contributed by atoms with Crippen LogP contribution in [-0.4, -0.2) is 216 Å². The van der Waals surface area contributed by atoms with Gasteiger partial charge >= 0.3 is 6.18 Å². The van der Waals surface area contributed by atoms with Gasteiger partial charge in [0.25, 0.3) is 0 Å². The predicted molar refractivity (Wildman–Crippen MR) is 332 cm³/mol. The van der Waals surface area contributed by atoms with Crippen LogP contribution in [0.1, 0.15) is 128 Å². The SMILES string of the molecule is CC[C@H](C)[C@@H]1NC(=O)[C@H](C)N(C)C(=O)C[C@@H](C)NC(=O)[C@H](C2CCCC2)N(C)C(=O)CCCCNC(=O)[C@@H]2CCCN2C(=O)[C@H](CCc2ccc(C(F)(F)F)c(Cl)c2)NC(=O)[C@@H](C)N(C)C(=O)[C@H](Cc2ccccc2Cl)N(C)C(=O)CN(C)C(=O)CN(C)C1=O. The quantitative estimate of drug-likeness (QED) is 0.278. The van der Waals surface area contributed by atoms with Crippen LogP contribution < -0.4 is 21.3 Å². The molecule has 0 aromatic heterocycles. The van der Waals surface area contributed by atoms with E-state index in [-0.39, 0.29) is 68.5 Å². The number of rotatable bonds is 8. The second-order valence-corrected chi connectivity index (χ2v) is 25.2. The lowest BCUT2D eigenvalue weighted by atomic mass is 9.95. The Morgan fingerprint density at radius 2 is 1.26 bits per heavy atom. The molecule has 0 spiro atoms. The summed E-state index contributed by atoms with van der Waals surface area (Å²) >= 11 is 12.7. The number of halogens is 5. The number of hydrogen-bond donors (Lipinski definition) is 4. The standard InChI is InChI=1S/C63H90Cl2F3N11O11/c1-12-37(2)54-62(90)74(7)35-52(82)73(6)36-53(83)77(10)49(34-43-22-15-16-23-45(43)64)61(89)76(9)40(5)56(84)71-47(29-27-41-26-28-44(46(65)33-41)63(66,67)68)60(88)79-31-19-24-48(79)58(86)69-30-18-17-25-50(80)78(11)55(42-20-13-14-21-42)59(87)70-38(3)32-51(81)75(8)39(4)57(85)72-54/h15-16,22-23,26,28,33,37-40,42,47-49,54-55H,12-14,17-21,24-25,27,29-32,34-36H2,1-11H3,(H,69,86)(H,70,87)(H,71,84)(H,72,85)/t37-,38+,39-,40+,47-,48-,49-,54-,55-/m0/s1. The monoisotopic (exact) mass is 1300 g/mol. The van der Waals surface area contributed by atoms with Gasteiger partial charge in [-0.15, -0.1) is 0 Å². The first kappa shape index (κ1) is 73.7. The molecule has 0 bridgehead atoms. The highest BCUT2D eigenvalue weighted by atomic mass is 35.5. The molecular formula is C63H90Cl2F3N11O11. The number of benzene rings is 2. The molecule has 2 aromatic rings. The number of carbonyl (C=O) groups is 11. The van der Waals surface area contributed by atoms with E-state index in [2.05, 4.69) is 21.3 Å². The Bertz CT molecular complexity index is 2930. The highest BCUT2D eigenvalue weighted by Crippen LogP contribution is 2.36. The van der Waals surface area contributed by atoms with Gasteiger partial charge in [-0.3, -0.25) is 52.7 Å². The molecule has 22 nitrogen and oxygen atoms in total. The van der Waals surface area contributed by atoms with Crippen molar-refractivity contribution in [2.45, 2.75) is 179 Å². The fourth-order valence-corrected chi connectivity index (χ4v) is 12.1. The zero-order valence-corrected chi connectivity index (χ0v) is 55.1. The summed E-state index contributed by atoms with van der Waals surface area (Å²) in [4.78, 5) is 164. The summed E-state index contributed by atoms with van der Waals surface area (Å²) in [7, 11) is 8.36. The van der Waals surface area contributed by atoms with E-state index in [4.69, 9.17) is 23.2 Å². The van der Waals surface area contributed by atoms with Crippen molar-refractivity contribution in [1.29, 1.82) is 0 Å². The van der Waals surface area contributed by atoms with E-state index >= 15 is 0 Å². The molecule has 11 amide bonds. The average molecular weight is 1310 g/mol. The van der Waals surface area contributed by atoms with Crippen molar-refractivity contribution >= 4 is 88.2 Å². The maximum atomic E-state index is 14.8. The van der Waals surface area contributed by atoms with E-state index in [9.17, 15) is 65.9 Å². The molecule has 0 radical (unpaired) electrons. The molecule has 2 aliphatic heterocycles. The van der Waals surface area contributed by atoms with Crippen molar-refractivity contribution in [1.82, 2.24) is 55.6 Å². The molecule has 0 unspecified atom stereocenters. The first-order valence-electron chi connectivity index (χ1n) is 30.9. The number of fused-ring (bicyclic) bond motifs is 1. The highest BCUT2D eigenvalue weighted by molar-refractivity contribution is 6.31. The van der Waals surface area contributed by atoms with Crippen molar-refractivity contribution in [2.24, 2.45) is 11.8 Å². The van der Waals surface area contributed by atoms with E-state index in [1.807, 2.05) is 6.92 Å². The third kappa shape index (κ3) is 19.5. The minimum atomic E-state index is -4.74. The summed E-state index contributed by atoms with van der Waals surface area (Å²) in [6, 6.07) is 0.854. The third-order valence-electron chi connectivity index (χ3n) is 17.9. The zero-order chi connectivity index (χ0) is 67.1. The van der Waals surface area contributed by atoms with Gasteiger partial charge in [0.2, 0.25) is 65.0 Å². The maximum Gasteiger partial charge on any atom is 0.417 e. The lowest BCUT2D eigenvalue weighted by Gasteiger charge is -2.35. The first-order valence-corrected chi connectivity index (χ1v) is 31.7. The topological polar surface area (TPSA) is 259 Å². The van der Waals surface area contributed by atoms with Crippen LogP contribution in [0.5, 0.6) is 0 Å². The van der Waals surface area contributed by atoms with Crippen LogP contribution in [-0.2, 0) is 71.8 Å². The number of hydrogen-bond acceptors (Lipinski definition) is 11. The van der Waals surface area contributed by atoms with Gasteiger partial charge in [-0.2, -0.15) is 13.2 Å². The smallest absolute Gasteiger partial charge is 0.354 e. The molecule has 27 heteroatoms. The van der Waals surface area contributed by atoms with Crippen LogP contribution in [0.2, 0.25) is 10.0 Å². The minimum Gasteiger partial charge on any atom is -0.354 e. The van der Waals surface area contributed by atoms with Crippen LogP contribution >= 0.6 is 23.2 Å². The molecule has 3 fully saturated rings. The van der Waals surface area contributed by atoms with Gasteiger partial charge in [-0.05, 0) is 113 Å². The number of likely N-dealkylation sites (N-methyl/N-ethyl adjacent to an activating group) is 6. The van der Waals surface area contributed by atoms with Crippen LogP contribution in [0.3, 0.4) is 0 Å². The van der Waals surface area contributed by atoms with E-state index in [1.165, 1.54) is 69.9 Å². The van der Waals surface area contributed by atoms with E-state index in [1.54, 1.807) is 45.2 Å². The van der Waals surface area contributed by atoms with E-state index < -0.39 is 143 Å². The summed E-state index contributed by atoms with van der Waals surface area (Å²) < 4.78 is 41.1. The largest absolute Gasteiger partial charge is 0.417 e. The molecular weight excluding hydrogens is 1210 g/mol. The minimum absolute atomic E-state index is 0.0343. The van der Waals surface area contributed by atoms with Crippen molar-refractivity contribution in [3.63, 3.8) is 0 Å². The zero-order valence-electron chi connectivity index (χ0n) is 53.6. The molecule has 2 aromatic carbocycles. The van der Waals surface area contributed by atoms with Crippen molar-refractivity contribution < 1.29 is 65.9 Å². The van der Waals surface area contributed by atoms with Crippen LogP contribution in [0, 0.1) is 11.8 Å². The number of carbonyl (C=O) groups excluding carboxylic acids is 11. The number of nitrogens with one attached hydrogen (secondary N) is 4. The summed E-state index contributed by atoms with van der Waals surface area (Å²) in [6.45, 7) is 7.20. The number of amides is 11. The van der Waals surface area contributed by atoms with Gasteiger partial charge in [0, 0.05) is 85.7 Å². The second kappa shape index (κ2) is 33.3. The Balaban J connectivity index is 1.47. The molecule has 90 heavy (non-hydrogen) atoms. The lowest BCUT2D eigenvalue weighted by Crippen LogP contribution is -2.58. The van der Waals surface area contributed by atoms with Crippen molar-refractivity contribution in [2.75, 3.05) is 68.5 Å². The Kier molecular flexibility index (Phi) is 27.3. The maximum absolute atomic E-state index is 14.8. The third-order valence-corrected chi connectivity index (χ3v) is 18.6. The van der Waals surface area contributed by atoms with Crippen molar-refractivity contribution in [3.05, 3.63) is 69.2 Å². The molecule has 2 heterocycles. The van der Waals surface area contributed by atoms with Crippen LogP contribution in [0.25, 0.3) is 0 Å². The molecule has 498 valence electrons. The van der Waals surface area contributed by atoms with E-state index in [0.717, 1.165) is 44.6 Å². The Labute approximate surface area is 535 Å². The molecule has 3 aliphatic rings. The lowest BCUT2D eigenvalue weighted by molar-refractivity contribution is -0.149. The van der Waals surface area contributed by atoms with Crippen LogP contribution in [0.15, 0.2) is 42.5 Å². The molecule has 9 atom stereocenters. The van der Waals surface area contributed by atoms with Gasteiger partial charge in [0.15, 0.2) is 0 Å². The molecule has 5 rings (SSSR count). The Hall–Kier alpha value is -7.02. The fraction of sp³-hybridized carbons (Fsp3) is 0.635. The summed E-state index contributed by atoms with van der Waals surface area (Å²) in [5, 5.41) is 11.0. The van der Waals surface area contributed by atoms with Gasteiger partial charge in [-0.25, -0.2) is 0 Å². The number of nitrogens with zero attached hydrogens (tertiary/aromatic N) is 7. The second-order valence-electron chi connectivity index (χ2n) is 24.4. The first-order chi connectivity index (χ1) is 42.3. The number of alkyl halides is 3. The summed E-state index contributed by atoms with van der Waals surface area (Å²) in [5.41, 5.74) is -0.303.